The number of aromatic carboxylic acids is 1. The molecule has 7 heteroatoms. The second kappa shape index (κ2) is 7.54. The molecule has 0 saturated heterocycles. The van der Waals surface area contributed by atoms with E-state index >= 15 is 0 Å². The fraction of sp³-hybridized carbons (Fsp3) is 0. The van der Waals surface area contributed by atoms with Gasteiger partial charge >= 0.3 is 5.97 Å². The van der Waals surface area contributed by atoms with Gasteiger partial charge in [-0.1, -0.05) is 0 Å². The number of carbonyl (C=O) groups is 1. The predicted octanol–water partition coefficient (Wildman–Crippen LogP) is -2.30. The van der Waals surface area contributed by atoms with Crippen LogP contribution < -0.4 is 0 Å². The van der Waals surface area contributed by atoms with Gasteiger partial charge in [0.1, 0.15) is 0 Å². The van der Waals surface area contributed by atoms with Gasteiger partial charge in [-0.2, -0.15) is 0 Å². The zero-order chi connectivity index (χ0) is 6.69. The first-order valence-corrected chi connectivity index (χ1v) is 2.30. The Kier molecular flexibility index (Phi) is 10.6. The van der Waals surface area contributed by atoms with Crippen molar-refractivity contribution in [3.05, 3.63) is 24.3 Å². The first-order valence-electron chi connectivity index (χ1n) is 2.30. The molecule has 1 rings (SSSR count). The summed E-state index contributed by atoms with van der Waals surface area (Å²) < 4.78 is 0. The Balaban J connectivity index is -0.000000270. The van der Waals surface area contributed by atoms with Crippen LogP contribution in [0.5, 0.6) is 0 Å². The molecule has 1 heterocycles. The van der Waals surface area contributed by atoms with Crippen molar-refractivity contribution < 1.29 is 26.3 Å². The summed E-state index contributed by atoms with van der Waals surface area (Å²) in [6.45, 7) is 0. The predicted molar refractivity (Wildman–Crippen MR) is 39.8 cm³/mol. The van der Waals surface area contributed by atoms with Gasteiger partial charge in [0.2, 0.25) is 0 Å². The summed E-state index contributed by atoms with van der Waals surface area (Å²) in [7, 11) is 0. The summed E-state index contributed by atoms with van der Waals surface area (Å²) in [4.78, 5) is 17.2. The minimum Gasteiger partial charge on any atom is -0.476 e. The molecule has 0 fully saturated rings. The normalized spacial score (nSPS) is 6.67. The molecule has 7 nitrogen and oxygen atoms in total. The van der Waals surface area contributed by atoms with Crippen LogP contribution in [0.15, 0.2) is 18.6 Å². The van der Waals surface area contributed by atoms with Crippen LogP contribution in [-0.4, -0.2) is 37.5 Å². The first-order chi connectivity index (χ1) is 4.30. The average molecular weight is 178 g/mol. The van der Waals surface area contributed by atoms with E-state index < -0.39 is 5.97 Å². The van der Waals surface area contributed by atoms with Crippen molar-refractivity contribution in [2.45, 2.75) is 0 Å². The van der Waals surface area contributed by atoms with Crippen LogP contribution in [0.25, 0.3) is 0 Å². The van der Waals surface area contributed by atoms with Crippen molar-refractivity contribution >= 4 is 5.97 Å². The molecular formula is C5H10N2O5. The fourth-order valence-corrected chi connectivity index (χ4v) is 0.410. The SMILES string of the molecule is O.O.O.O=C(O)c1cnccn1. The molecule has 0 atom stereocenters. The molecule has 0 saturated carbocycles. The molecule has 0 unspecified atom stereocenters. The third-order valence-electron chi connectivity index (χ3n) is 0.782. The molecule has 0 aromatic carbocycles. The maximum Gasteiger partial charge on any atom is 0.356 e. The lowest BCUT2D eigenvalue weighted by Gasteiger charge is -1.86. The zero-order valence-corrected chi connectivity index (χ0v) is 5.98. The number of rotatable bonds is 1. The van der Waals surface area contributed by atoms with Gasteiger partial charge in [0.15, 0.2) is 5.69 Å². The summed E-state index contributed by atoms with van der Waals surface area (Å²) in [5.41, 5.74) is -0.0301. The second-order valence-corrected chi connectivity index (χ2v) is 1.40. The highest BCUT2D eigenvalue weighted by atomic mass is 16.4. The molecule has 0 amide bonds. The minimum absolute atomic E-state index is 0. The Hall–Kier alpha value is -1.57. The number of hydrogen-bond donors (Lipinski definition) is 1. The van der Waals surface area contributed by atoms with Gasteiger partial charge in [-0.05, 0) is 0 Å². The van der Waals surface area contributed by atoms with Crippen LogP contribution in [0.2, 0.25) is 0 Å². The molecule has 0 aliphatic carbocycles. The van der Waals surface area contributed by atoms with Crippen LogP contribution >= 0.6 is 0 Å². The molecule has 1 aromatic rings. The molecule has 0 spiro atoms. The van der Waals surface area contributed by atoms with Crippen molar-refractivity contribution in [1.29, 1.82) is 0 Å². The average Bonchev–Trinajstić information content (AvgIpc) is 1.90. The maximum absolute atomic E-state index is 10.1. The van der Waals surface area contributed by atoms with Crippen molar-refractivity contribution in [2.24, 2.45) is 0 Å². The molecule has 0 radical (unpaired) electrons. The second-order valence-electron chi connectivity index (χ2n) is 1.40. The summed E-state index contributed by atoms with van der Waals surface area (Å²) >= 11 is 0. The molecule has 0 bridgehead atoms. The van der Waals surface area contributed by atoms with Crippen LogP contribution in [0.4, 0.5) is 0 Å². The van der Waals surface area contributed by atoms with E-state index in [2.05, 4.69) is 9.97 Å². The Morgan fingerprint density at radius 1 is 1.25 bits per heavy atom. The lowest BCUT2D eigenvalue weighted by Crippen LogP contribution is -1.99. The van der Waals surface area contributed by atoms with E-state index in [1.807, 2.05) is 0 Å². The van der Waals surface area contributed by atoms with Crippen LogP contribution in [0.1, 0.15) is 10.5 Å². The van der Waals surface area contributed by atoms with Gasteiger partial charge in [0.25, 0.3) is 0 Å². The topological polar surface area (TPSA) is 158 Å². The third-order valence-corrected chi connectivity index (χ3v) is 0.782. The Bertz CT molecular complexity index is 214. The number of aromatic nitrogens is 2. The monoisotopic (exact) mass is 178 g/mol. The highest BCUT2D eigenvalue weighted by Gasteiger charge is 2.00. The van der Waals surface area contributed by atoms with E-state index in [9.17, 15) is 4.79 Å². The summed E-state index contributed by atoms with van der Waals surface area (Å²) in [5, 5.41) is 8.28. The van der Waals surface area contributed by atoms with Crippen LogP contribution in [-0.2, 0) is 0 Å². The van der Waals surface area contributed by atoms with Crippen molar-refractivity contribution in [3.63, 3.8) is 0 Å². The van der Waals surface area contributed by atoms with E-state index in [1.54, 1.807) is 0 Å². The molecule has 12 heavy (non-hydrogen) atoms. The van der Waals surface area contributed by atoms with Gasteiger partial charge < -0.3 is 21.5 Å². The molecule has 7 N–H and O–H groups in total. The van der Waals surface area contributed by atoms with Crippen molar-refractivity contribution in [1.82, 2.24) is 9.97 Å². The summed E-state index contributed by atoms with van der Waals surface area (Å²) in [5.74, 6) is -1.05. The molecule has 0 aliphatic rings. The van der Waals surface area contributed by atoms with Crippen molar-refractivity contribution in [3.8, 4) is 0 Å². The van der Waals surface area contributed by atoms with E-state index in [-0.39, 0.29) is 22.1 Å². The minimum atomic E-state index is -1.05. The molecule has 1 aromatic heterocycles. The quantitative estimate of drug-likeness (QED) is 0.512. The molecular weight excluding hydrogens is 168 g/mol. The summed E-state index contributed by atoms with van der Waals surface area (Å²) in [6.07, 6.45) is 3.96. The van der Waals surface area contributed by atoms with E-state index in [0.717, 1.165) is 0 Å². The number of carboxylic acid groups (broad SMARTS) is 1. The third kappa shape index (κ3) is 4.28. The first kappa shape index (κ1) is 16.8. The number of carboxylic acids is 1. The zero-order valence-electron chi connectivity index (χ0n) is 5.98. The highest BCUT2D eigenvalue weighted by Crippen LogP contribution is 1.86. The highest BCUT2D eigenvalue weighted by molar-refractivity contribution is 5.84. The van der Waals surface area contributed by atoms with E-state index in [1.165, 1.54) is 18.6 Å². The Morgan fingerprint density at radius 2 is 1.83 bits per heavy atom. The van der Waals surface area contributed by atoms with Crippen LogP contribution in [0, 0.1) is 0 Å². The fourth-order valence-electron chi connectivity index (χ4n) is 0.410. The van der Waals surface area contributed by atoms with Gasteiger partial charge in [0, 0.05) is 12.4 Å². The van der Waals surface area contributed by atoms with Gasteiger partial charge in [-0.25, -0.2) is 9.78 Å². The number of nitrogens with zero attached hydrogens (tertiary/aromatic N) is 2. The van der Waals surface area contributed by atoms with Gasteiger partial charge in [-0.3, -0.25) is 4.98 Å². The van der Waals surface area contributed by atoms with Crippen LogP contribution in [0.3, 0.4) is 0 Å². The Labute approximate surface area is 67.6 Å². The Morgan fingerprint density at radius 3 is 2.08 bits per heavy atom. The molecule has 70 valence electrons. The largest absolute Gasteiger partial charge is 0.476 e. The van der Waals surface area contributed by atoms with Gasteiger partial charge in [0.05, 0.1) is 6.20 Å². The van der Waals surface area contributed by atoms with E-state index in [4.69, 9.17) is 5.11 Å². The van der Waals surface area contributed by atoms with Crippen molar-refractivity contribution in [2.75, 3.05) is 0 Å². The number of hydrogen-bond acceptors (Lipinski definition) is 3. The molecule has 0 aliphatic heterocycles. The standard InChI is InChI=1S/C5H4N2O2.3H2O/c8-5(9)4-3-6-1-2-7-4;;;/h1-3H,(H,8,9);3*1H2. The van der Waals surface area contributed by atoms with E-state index in [0.29, 0.717) is 0 Å². The smallest absolute Gasteiger partial charge is 0.356 e. The lowest BCUT2D eigenvalue weighted by molar-refractivity contribution is 0.0690. The lowest BCUT2D eigenvalue weighted by atomic mass is 10.5. The maximum atomic E-state index is 10.1. The summed E-state index contributed by atoms with van der Waals surface area (Å²) in [6, 6.07) is 0. The van der Waals surface area contributed by atoms with Gasteiger partial charge in [-0.15, -0.1) is 0 Å².